The number of ether oxygens (including phenoxy) is 2. The lowest BCUT2D eigenvalue weighted by Crippen LogP contribution is -2.65. The molecule has 3 aliphatic rings. The van der Waals surface area contributed by atoms with Gasteiger partial charge in [0, 0.05) is 30.9 Å². The second-order valence-electron chi connectivity index (χ2n) is 9.43. The summed E-state index contributed by atoms with van der Waals surface area (Å²) in [6.07, 6.45) is 0.195. The van der Waals surface area contributed by atoms with Crippen LogP contribution in [0.3, 0.4) is 0 Å². The molecular weight excluding hydrogens is 562 g/mol. The Morgan fingerprint density at radius 3 is 2.45 bits per heavy atom. The number of allylic oxidation sites excluding steroid dienone is 1. The van der Waals surface area contributed by atoms with Gasteiger partial charge in [0.15, 0.2) is 0 Å². The zero-order valence-electron chi connectivity index (χ0n) is 21.3. The molecule has 0 radical (unpaired) electrons. The Morgan fingerprint density at radius 2 is 1.84 bits per heavy atom. The Labute approximate surface area is 235 Å². The fourth-order valence-corrected chi connectivity index (χ4v) is 5.93. The van der Waals surface area contributed by atoms with Crippen molar-refractivity contribution in [2.24, 2.45) is 5.92 Å². The van der Waals surface area contributed by atoms with E-state index in [1.807, 2.05) is 6.08 Å². The first-order valence-electron chi connectivity index (χ1n) is 12.2. The maximum Gasteiger partial charge on any atom is 0.240 e. The number of carbonyl (C=O) groups is 1. The molecule has 1 amide bonds. The summed E-state index contributed by atoms with van der Waals surface area (Å²) >= 11 is 7.83. The Bertz CT molecular complexity index is 945. The molecule has 2 fully saturated rings. The maximum atomic E-state index is 13.3. The van der Waals surface area contributed by atoms with Crippen molar-refractivity contribution in [2.45, 2.75) is 66.8 Å². The molecule has 2 unspecified atom stereocenters. The molecule has 13 heteroatoms. The van der Waals surface area contributed by atoms with Crippen LogP contribution < -0.4 is 10.6 Å². The van der Waals surface area contributed by atoms with Crippen molar-refractivity contribution in [1.29, 1.82) is 0 Å². The van der Waals surface area contributed by atoms with E-state index in [0.29, 0.717) is 19.6 Å². The Hall–Kier alpha value is -0.960. The van der Waals surface area contributed by atoms with Gasteiger partial charge in [0.1, 0.15) is 41.7 Å². The molecule has 214 valence electrons. The van der Waals surface area contributed by atoms with Gasteiger partial charge in [-0.3, -0.25) is 4.79 Å². The third-order valence-corrected chi connectivity index (χ3v) is 8.11. The second-order valence-corrected chi connectivity index (χ2v) is 11.4. The van der Waals surface area contributed by atoms with Crippen LogP contribution in [-0.4, -0.2) is 100 Å². The molecule has 38 heavy (non-hydrogen) atoms. The number of amides is 1. The van der Waals surface area contributed by atoms with Gasteiger partial charge < -0.3 is 35.4 Å². The van der Waals surface area contributed by atoms with Gasteiger partial charge in [0.05, 0.1) is 24.1 Å². The lowest BCUT2D eigenvalue weighted by molar-refractivity contribution is -0.205. The van der Waals surface area contributed by atoms with Gasteiger partial charge >= 0.3 is 0 Å². The van der Waals surface area contributed by atoms with Crippen molar-refractivity contribution in [1.82, 2.24) is 10.6 Å². The highest BCUT2D eigenvalue weighted by atomic mass is 35.5. The van der Waals surface area contributed by atoms with Crippen LogP contribution in [0.4, 0.5) is 8.28 Å². The van der Waals surface area contributed by atoms with Gasteiger partial charge in [-0.15, -0.1) is 23.4 Å². The molecule has 0 aliphatic carbocycles. The molecule has 0 saturated carbocycles. The van der Waals surface area contributed by atoms with Crippen molar-refractivity contribution in [3.8, 4) is 0 Å². The van der Waals surface area contributed by atoms with Crippen LogP contribution in [0.5, 0.6) is 0 Å². The average molecular weight is 597 g/mol. The minimum absolute atomic E-state index is 0.0331. The summed E-state index contributed by atoms with van der Waals surface area (Å²) in [5.41, 5.74) is 1.19. The van der Waals surface area contributed by atoms with Gasteiger partial charge in [0.25, 0.3) is 0 Å². The standard InChI is InChI=1S/C24H32ClFN2O6S.CH3FS/c1-11(25)16(22-19(30)18(29)20(31)24(34-22)35-2)28-23(32)17-21-14(10-27-17)9-13(7-8-33-21)12-3-5-15(26)6-4-12;1-3-2/h3-7,11,14,16-22,24,27,29-31H,8-10H2,1-2H3,(H,28,32);1H3/t11-,14-,16+,17-,18+,19?,20+,21+,22+,24?;/m0./s1. The number of aliphatic hydroxyl groups is 3. The van der Waals surface area contributed by atoms with Gasteiger partial charge in [-0.25, -0.2) is 4.39 Å². The van der Waals surface area contributed by atoms with Crippen molar-refractivity contribution in [3.05, 3.63) is 41.7 Å². The number of rotatable bonds is 6. The van der Waals surface area contributed by atoms with Crippen molar-refractivity contribution in [2.75, 3.05) is 25.7 Å². The number of hydrogen-bond acceptors (Lipinski definition) is 9. The molecule has 1 aromatic carbocycles. The third-order valence-electron chi connectivity index (χ3n) is 6.99. The Balaban J connectivity index is 0.00000127. The number of nitrogens with one attached hydrogen (secondary N) is 2. The number of thioether (sulfide) groups is 1. The summed E-state index contributed by atoms with van der Waals surface area (Å²) < 4.78 is 35.4. The number of fused-ring (bicyclic) bond motifs is 1. The molecule has 4 rings (SSSR count). The fourth-order valence-electron chi connectivity index (χ4n) is 5.05. The fraction of sp³-hybridized carbons (Fsp3) is 0.640. The maximum absolute atomic E-state index is 13.3. The number of hydrogen-bond donors (Lipinski definition) is 5. The zero-order valence-corrected chi connectivity index (χ0v) is 23.7. The van der Waals surface area contributed by atoms with Gasteiger partial charge in [-0.05, 0) is 42.9 Å². The van der Waals surface area contributed by atoms with Crippen LogP contribution in [0, 0.1) is 11.7 Å². The summed E-state index contributed by atoms with van der Waals surface area (Å²) in [6.45, 7) is 2.54. The number of alkyl halides is 1. The third kappa shape index (κ3) is 7.41. The van der Waals surface area contributed by atoms with Gasteiger partial charge in [-0.1, -0.05) is 18.2 Å². The van der Waals surface area contributed by atoms with E-state index in [-0.39, 0.29) is 35.9 Å². The molecule has 2 saturated heterocycles. The van der Waals surface area contributed by atoms with Crippen LogP contribution in [0.2, 0.25) is 0 Å². The van der Waals surface area contributed by atoms with Crippen LogP contribution in [-0.2, 0) is 14.3 Å². The number of aliphatic hydroxyl groups excluding tert-OH is 3. The van der Waals surface area contributed by atoms with Crippen LogP contribution in [0.1, 0.15) is 18.9 Å². The molecule has 3 heterocycles. The van der Waals surface area contributed by atoms with Crippen LogP contribution in [0.25, 0.3) is 5.57 Å². The number of carbonyl (C=O) groups excluding carboxylic acids is 1. The molecule has 8 nitrogen and oxygen atoms in total. The normalized spacial score (nSPS) is 34.6. The minimum atomic E-state index is -1.43. The molecule has 1 aromatic rings. The summed E-state index contributed by atoms with van der Waals surface area (Å²) in [4.78, 5) is 13.3. The van der Waals surface area contributed by atoms with E-state index < -0.39 is 47.3 Å². The molecule has 0 aromatic heterocycles. The minimum Gasteiger partial charge on any atom is -0.388 e. The smallest absolute Gasteiger partial charge is 0.240 e. The van der Waals surface area contributed by atoms with E-state index in [1.54, 1.807) is 25.3 Å². The molecular formula is C25H35ClF2N2O6S2. The zero-order chi connectivity index (χ0) is 28.0. The van der Waals surface area contributed by atoms with E-state index in [2.05, 4.69) is 10.6 Å². The lowest BCUT2D eigenvalue weighted by atomic mass is 9.90. The summed E-state index contributed by atoms with van der Waals surface area (Å²) in [6, 6.07) is 4.86. The summed E-state index contributed by atoms with van der Waals surface area (Å²) in [7, 11) is 0. The largest absolute Gasteiger partial charge is 0.388 e. The van der Waals surface area contributed by atoms with E-state index in [1.165, 1.54) is 30.2 Å². The predicted molar refractivity (Wildman–Crippen MR) is 146 cm³/mol. The quantitative estimate of drug-likeness (QED) is 0.315. The molecule has 5 N–H and O–H groups in total. The Morgan fingerprint density at radius 1 is 1.18 bits per heavy atom. The predicted octanol–water partition coefficient (Wildman–Crippen LogP) is 2.10. The molecule has 0 bridgehead atoms. The highest BCUT2D eigenvalue weighted by molar-refractivity contribution is 7.99. The highest BCUT2D eigenvalue weighted by Gasteiger charge is 2.49. The van der Waals surface area contributed by atoms with Gasteiger partial charge in [0.2, 0.25) is 5.91 Å². The second kappa shape index (κ2) is 14.6. The summed E-state index contributed by atoms with van der Waals surface area (Å²) in [5, 5.41) is 36.5. The molecule has 10 atom stereocenters. The molecule has 0 spiro atoms. The monoisotopic (exact) mass is 596 g/mol. The van der Waals surface area contributed by atoms with Gasteiger partial charge in [-0.2, -0.15) is 3.89 Å². The van der Waals surface area contributed by atoms with Crippen molar-refractivity contribution in [3.63, 3.8) is 0 Å². The lowest BCUT2D eigenvalue weighted by Gasteiger charge is -2.44. The SMILES string of the molecule is CSC1O[C@H]([C@H](NC(=O)[C@H]2NC[C@@H]3CC(c4ccc(F)cc4)=CCO[C@H]32)[C@H](C)Cl)C(O)[C@@H](O)[C@H]1O.CSF. The number of halogens is 3. The highest BCUT2D eigenvalue weighted by Crippen LogP contribution is 2.34. The first-order valence-corrected chi connectivity index (χ1v) is 15.1. The topological polar surface area (TPSA) is 120 Å². The molecule has 3 aliphatic heterocycles. The average Bonchev–Trinajstić information content (AvgIpc) is 3.17. The van der Waals surface area contributed by atoms with Crippen LogP contribution >= 0.6 is 35.5 Å². The van der Waals surface area contributed by atoms with E-state index in [9.17, 15) is 28.4 Å². The van der Waals surface area contributed by atoms with E-state index >= 15 is 0 Å². The first kappa shape index (κ1) is 31.6. The van der Waals surface area contributed by atoms with E-state index in [4.69, 9.17) is 21.1 Å². The van der Waals surface area contributed by atoms with Crippen molar-refractivity contribution < 1.29 is 37.9 Å². The summed E-state index contributed by atoms with van der Waals surface area (Å²) in [5.74, 6) is -0.611. The van der Waals surface area contributed by atoms with Crippen LogP contribution in [0.15, 0.2) is 30.3 Å². The van der Waals surface area contributed by atoms with E-state index in [0.717, 1.165) is 11.1 Å². The van der Waals surface area contributed by atoms with Crippen molar-refractivity contribution >= 4 is 47.0 Å². The first-order chi connectivity index (χ1) is 18.1. The number of benzene rings is 1. The Kier molecular flexibility index (Phi) is 12.1.